The maximum Gasteiger partial charge on any atom is 0.0999 e. The number of fused-ring (bicyclic) bond motifs is 1. The fourth-order valence-electron chi connectivity index (χ4n) is 2.01. The fourth-order valence-corrected chi connectivity index (χ4v) is 2.01. The average Bonchev–Trinajstić information content (AvgIpc) is 2.74. The van der Waals surface area contributed by atoms with Gasteiger partial charge in [-0.2, -0.15) is 0 Å². The van der Waals surface area contributed by atoms with Gasteiger partial charge in [0.1, 0.15) is 0 Å². The van der Waals surface area contributed by atoms with Gasteiger partial charge in [-0.05, 0) is 30.7 Å². The first-order valence-electron chi connectivity index (χ1n) is 5.27. The molecule has 0 spiro atoms. The van der Waals surface area contributed by atoms with Crippen molar-refractivity contribution in [2.45, 2.75) is 6.42 Å². The Morgan fingerprint density at radius 3 is 3.20 bits per heavy atom. The molecule has 3 nitrogen and oxygen atoms in total. The summed E-state index contributed by atoms with van der Waals surface area (Å²) in [4.78, 5) is 4.47. The lowest BCUT2D eigenvalue weighted by atomic mass is 10.1. The molecule has 3 rings (SSSR count). The normalized spacial score (nSPS) is 16.7. The third-order valence-electron chi connectivity index (χ3n) is 2.78. The number of rotatable bonds is 1. The van der Waals surface area contributed by atoms with Crippen molar-refractivity contribution in [3.05, 3.63) is 42.5 Å². The number of nitrogens with zero attached hydrogens (tertiary/aromatic N) is 2. The van der Waals surface area contributed by atoms with Gasteiger partial charge in [-0.25, -0.2) is 4.98 Å². The van der Waals surface area contributed by atoms with Crippen LogP contribution in [0.25, 0.3) is 11.1 Å². The van der Waals surface area contributed by atoms with E-state index in [1.807, 2.05) is 18.6 Å². The standard InChI is InChI=1S/C12H13N3/c1-2-7-15-9-14-12(11(15)5-1)10-4-3-6-13-8-10/h1-2,4-5,7,9,13H,3,6,8H2. The minimum atomic E-state index is 0.932. The second-order valence-corrected chi connectivity index (χ2v) is 3.78. The molecular formula is C12H13N3. The van der Waals surface area contributed by atoms with Gasteiger partial charge in [-0.15, -0.1) is 0 Å². The zero-order chi connectivity index (χ0) is 10.1. The van der Waals surface area contributed by atoms with Crippen LogP contribution in [0.15, 0.2) is 36.8 Å². The van der Waals surface area contributed by atoms with E-state index in [1.165, 1.54) is 11.1 Å². The van der Waals surface area contributed by atoms with E-state index in [9.17, 15) is 0 Å². The SMILES string of the molecule is C1=C(c2ncn3ccccc23)CNCC1. The third kappa shape index (κ3) is 1.45. The Labute approximate surface area is 88.4 Å². The summed E-state index contributed by atoms with van der Waals surface area (Å²) in [7, 11) is 0. The second-order valence-electron chi connectivity index (χ2n) is 3.78. The van der Waals surface area contributed by atoms with Crippen molar-refractivity contribution in [3.8, 4) is 0 Å². The van der Waals surface area contributed by atoms with Crippen LogP contribution < -0.4 is 5.32 Å². The first kappa shape index (κ1) is 8.68. The number of nitrogens with one attached hydrogen (secondary N) is 1. The Balaban J connectivity index is 2.14. The molecule has 1 aliphatic heterocycles. The molecule has 1 aliphatic rings. The van der Waals surface area contributed by atoms with Crippen LogP contribution in [0.5, 0.6) is 0 Å². The van der Waals surface area contributed by atoms with E-state index in [0.717, 1.165) is 25.2 Å². The highest BCUT2D eigenvalue weighted by Crippen LogP contribution is 2.20. The van der Waals surface area contributed by atoms with Gasteiger partial charge >= 0.3 is 0 Å². The first-order valence-corrected chi connectivity index (χ1v) is 5.27. The van der Waals surface area contributed by atoms with Crippen molar-refractivity contribution in [2.24, 2.45) is 0 Å². The Morgan fingerprint density at radius 1 is 1.33 bits per heavy atom. The number of aromatic nitrogens is 2. The summed E-state index contributed by atoms with van der Waals surface area (Å²) < 4.78 is 2.06. The maximum absolute atomic E-state index is 4.47. The van der Waals surface area contributed by atoms with E-state index in [-0.39, 0.29) is 0 Å². The van der Waals surface area contributed by atoms with Crippen molar-refractivity contribution in [1.82, 2.24) is 14.7 Å². The van der Waals surface area contributed by atoms with Crippen molar-refractivity contribution < 1.29 is 0 Å². The molecule has 0 atom stereocenters. The fraction of sp³-hybridized carbons (Fsp3) is 0.250. The van der Waals surface area contributed by atoms with Gasteiger partial charge in [0.2, 0.25) is 0 Å². The van der Waals surface area contributed by atoms with Gasteiger partial charge < -0.3 is 9.72 Å². The highest BCUT2D eigenvalue weighted by Gasteiger charge is 2.10. The van der Waals surface area contributed by atoms with Gasteiger partial charge in [0.15, 0.2) is 0 Å². The Kier molecular flexibility index (Phi) is 2.03. The molecule has 76 valence electrons. The predicted octanol–water partition coefficient (Wildman–Crippen LogP) is 1.71. The predicted molar refractivity (Wildman–Crippen MR) is 60.7 cm³/mol. The van der Waals surface area contributed by atoms with Crippen LogP contribution in [0, 0.1) is 0 Å². The zero-order valence-corrected chi connectivity index (χ0v) is 8.48. The van der Waals surface area contributed by atoms with Gasteiger partial charge in [0.05, 0.1) is 17.5 Å². The maximum atomic E-state index is 4.47. The van der Waals surface area contributed by atoms with Gasteiger partial charge in [0, 0.05) is 12.7 Å². The molecule has 3 heteroatoms. The molecule has 15 heavy (non-hydrogen) atoms. The summed E-state index contributed by atoms with van der Waals surface area (Å²) in [6.45, 7) is 2.01. The Hall–Kier alpha value is -1.61. The molecule has 0 aliphatic carbocycles. The van der Waals surface area contributed by atoms with Crippen molar-refractivity contribution in [3.63, 3.8) is 0 Å². The summed E-state index contributed by atoms with van der Waals surface area (Å²) in [5.74, 6) is 0. The Morgan fingerprint density at radius 2 is 2.33 bits per heavy atom. The smallest absolute Gasteiger partial charge is 0.0999 e. The molecule has 1 N–H and O–H groups in total. The van der Waals surface area contributed by atoms with E-state index in [1.54, 1.807) is 0 Å². The van der Waals surface area contributed by atoms with Crippen LogP contribution in [-0.2, 0) is 0 Å². The van der Waals surface area contributed by atoms with Crippen LogP contribution in [0.1, 0.15) is 12.1 Å². The van der Waals surface area contributed by atoms with Crippen molar-refractivity contribution in [2.75, 3.05) is 13.1 Å². The second kappa shape index (κ2) is 3.51. The molecule has 0 saturated carbocycles. The van der Waals surface area contributed by atoms with E-state index in [4.69, 9.17) is 0 Å². The average molecular weight is 199 g/mol. The monoisotopic (exact) mass is 199 g/mol. The Bertz CT molecular complexity index is 510. The lowest BCUT2D eigenvalue weighted by Crippen LogP contribution is -2.21. The third-order valence-corrected chi connectivity index (χ3v) is 2.78. The van der Waals surface area contributed by atoms with Crippen LogP contribution in [0.2, 0.25) is 0 Å². The van der Waals surface area contributed by atoms with E-state index in [2.05, 4.69) is 32.9 Å². The minimum absolute atomic E-state index is 0.932. The molecule has 2 aromatic heterocycles. The van der Waals surface area contributed by atoms with Crippen LogP contribution in [0.4, 0.5) is 0 Å². The van der Waals surface area contributed by atoms with Crippen molar-refractivity contribution in [1.29, 1.82) is 0 Å². The molecular weight excluding hydrogens is 186 g/mol. The zero-order valence-electron chi connectivity index (χ0n) is 8.48. The topological polar surface area (TPSA) is 29.3 Å². The van der Waals surface area contributed by atoms with Gasteiger partial charge in [-0.1, -0.05) is 12.1 Å². The van der Waals surface area contributed by atoms with Gasteiger partial charge in [-0.3, -0.25) is 0 Å². The number of imidazole rings is 1. The lowest BCUT2D eigenvalue weighted by molar-refractivity contribution is 0.738. The molecule has 0 bridgehead atoms. The van der Waals surface area contributed by atoms with Crippen LogP contribution in [-0.4, -0.2) is 22.5 Å². The van der Waals surface area contributed by atoms with Gasteiger partial charge in [0.25, 0.3) is 0 Å². The number of hydrogen-bond acceptors (Lipinski definition) is 2. The molecule has 0 fully saturated rings. The molecule has 2 aromatic rings. The molecule has 0 unspecified atom stereocenters. The molecule has 0 aromatic carbocycles. The summed E-state index contributed by atoms with van der Waals surface area (Å²) >= 11 is 0. The first-order chi connectivity index (χ1) is 7.45. The van der Waals surface area contributed by atoms with Crippen LogP contribution >= 0.6 is 0 Å². The molecule has 0 radical (unpaired) electrons. The lowest BCUT2D eigenvalue weighted by Gasteiger charge is -2.12. The summed E-state index contributed by atoms with van der Waals surface area (Å²) in [5, 5.41) is 3.37. The molecule has 0 saturated heterocycles. The van der Waals surface area contributed by atoms with E-state index in [0.29, 0.717) is 0 Å². The van der Waals surface area contributed by atoms with E-state index >= 15 is 0 Å². The van der Waals surface area contributed by atoms with Crippen LogP contribution in [0.3, 0.4) is 0 Å². The van der Waals surface area contributed by atoms with Crippen molar-refractivity contribution >= 4 is 11.1 Å². The molecule has 0 amide bonds. The van der Waals surface area contributed by atoms with E-state index < -0.39 is 0 Å². The number of hydrogen-bond donors (Lipinski definition) is 1. The highest BCUT2D eigenvalue weighted by atomic mass is 15.0. The summed E-state index contributed by atoms with van der Waals surface area (Å²) in [6, 6.07) is 6.18. The summed E-state index contributed by atoms with van der Waals surface area (Å²) in [6.07, 6.45) is 7.29. The quantitative estimate of drug-likeness (QED) is 0.757. The minimum Gasteiger partial charge on any atom is -0.312 e. The summed E-state index contributed by atoms with van der Waals surface area (Å²) in [5.41, 5.74) is 3.62. The molecule has 3 heterocycles. The largest absolute Gasteiger partial charge is 0.312 e. The number of pyridine rings is 1. The highest BCUT2D eigenvalue weighted by molar-refractivity contribution is 5.77.